The average Bonchev–Trinajstić information content (AvgIpc) is 2.76. The number of piperidine rings is 1. The average molecular weight is 223 g/mol. The smallest absolute Gasteiger partial charge is 0.122 e. The summed E-state index contributed by atoms with van der Waals surface area (Å²) in [4.78, 5) is 0. The highest BCUT2D eigenvalue weighted by atomic mass is 15.5. The molecule has 0 bridgehead atoms. The van der Waals surface area contributed by atoms with Gasteiger partial charge in [-0.2, -0.15) is 5.10 Å². The lowest BCUT2D eigenvalue weighted by Gasteiger charge is -2.37. The minimum Gasteiger partial charge on any atom is -0.385 e. The predicted octanol–water partition coefficient (Wildman–Crippen LogP) is 2.71. The molecule has 0 spiro atoms. The number of nitrogens with zero attached hydrogens (tertiary/aromatic N) is 2. The van der Waals surface area contributed by atoms with Crippen LogP contribution in [0.1, 0.15) is 58.8 Å². The second kappa shape index (κ2) is 5.07. The molecule has 92 valence electrons. The molecule has 16 heavy (non-hydrogen) atoms. The first-order valence-corrected chi connectivity index (χ1v) is 6.81. The lowest BCUT2D eigenvalue weighted by molar-refractivity contribution is 0.107. The van der Waals surface area contributed by atoms with E-state index in [2.05, 4.69) is 18.9 Å². The van der Waals surface area contributed by atoms with Gasteiger partial charge in [-0.1, -0.05) is 12.8 Å². The lowest BCUT2D eigenvalue weighted by atomic mass is 10.00. The van der Waals surface area contributed by atoms with Gasteiger partial charge in [-0.3, -0.25) is 5.01 Å². The van der Waals surface area contributed by atoms with E-state index in [0.29, 0.717) is 18.0 Å². The zero-order valence-electron chi connectivity index (χ0n) is 10.7. The molecule has 1 heterocycles. The molecule has 2 atom stereocenters. The van der Waals surface area contributed by atoms with Crippen molar-refractivity contribution in [2.24, 2.45) is 16.8 Å². The van der Waals surface area contributed by atoms with Gasteiger partial charge >= 0.3 is 0 Å². The van der Waals surface area contributed by atoms with Crippen molar-refractivity contribution >= 4 is 5.84 Å². The molecule has 3 nitrogen and oxygen atoms in total. The van der Waals surface area contributed by atoms with Crippen molar-refractivity contribution in [1.29, 1.82) is 0 Å². The Labute approximate surface area is 99.1 Å². The Morgan fingerprint density at radius 2 is 1.56 bits per heavy atom. The van der Waals surface area contributed by atoms with E-state index in [1.807, 2.05) is 0 Å². The molecule has 1 saturated heterocycles. The van der Waals surface area contributed by atoms with E-state index in [9.17, 15) is 0 Å². The van der Waals surface area contributed by atoms with Crippen LogP contribution in [0.4, 0.5) is 0 Å². The summed E-state index contributed by atoms with van der Waals surface area (Å²) in [6, 6.07) is 1.12. The normalized spacial score (nSPS) is 33.4. The molecular weight excluding hydrogens is 198 g/mol. The molecule has 0 amide bonds. The number of rotatable bonds is 2. The molecule has 2 rings (SSSR count). The standard InChI is InChI=1S/C13H25N3/c1-10-6-5-7-11(2)16(10)15-13(14)12-8-3-4-9-12/h10-12H,3-9H2,1-2H3,(H2,14,15). The van der Waals surface area contributed by atoms with Crippen LogP contribution >= 0.6 is 0 Å². The third kappa shape index (κ3) is 2.50. The van der Waals surface area contributed by atoms with E-state index < -0.39 is 0 Å². The summed E-state index contributed by atoms with van der Waals surface area (Å²) in [5, 5.41) is 6.95. The van der Waals surface area contributed by atoms with Gasteiger partial charge in [0.15, 0.2) is 0 Å². The van der Waals surface area contributed by atoms with Gasteiger partial charge in [-0.25, -0.2) is 0 Å². The summed E-state index contributed by atoms with van der Waals surface area (Å²) < 4.78 is 0. The van der Waals surface area contributed by atoms with Gasteiger partial charge in [0.1, 0.15) is 5.84 Å². The predicted molar refractivity (Wildman–Crippen MR) is 68.2 cm³/mol. The van der Waals surface area contributed by atoms with E-state index in [0.717, 1.165) is 5.84 Å². The third-order valence-corrected chi connectivity index (χ3v) is 4.15. The number of amidine groups is 1. The van der Waals surface area contributed by atoms with Crippen molar-refractivity contribution in [3.8, 4) is 0 Å². The van der Waals surface area contributed by atoms with Crippen LogP contribution in [0, 0.1) is 5.92 Å². The van der Waals surface area contributed by atoms with Crippen molar-refractivity contribution in [2.45, 2.75) is 70.9 Å². The van der Waals surface area contributed by atoms with E-state index in [1.165, 1.54) is 44.9 Å². The first-order valence-electron chi connectivity index (χ1n) is 6.81. The van der Waals surface area contributed by atoms with Crippen LogP contribution in [0.15, 0.2) is 5.10 Å². The van der Waals surface area contributed by atoms with Crippen LogP contribution < -0.4 is 5.73 Å². The molecule has 2 unspecified atom stereocenters. The molecule has 0 aromatic carbocycles. The monoisotopic (exact) mass is 223 g/mol. The van der Waals surface area contributed by atoms with Crippen molar-refractivity contribution in [3.05, 3.63) is 0 Å². The molecular formula is C13H25N3. The Morgan fingerprint density at radius 1 is 1.00 bits per heavy atom. The SMILES string of the molecule is CC1CCCC(C)N1/N=C(\N)C1CCCC1. The molecule has 2 fully saturated rings. The molecule has 2 N–H and O–H groups in total. The topological polar surface area (TPSA) is 41.6 Å². The number of hydrogen-bond donors (Lipinski definition) is 1. The van der Waals surface area contributed by atoms with Crippen LogP contribution in [0.25, 0.3) is 0 Å². The molecule has 2 aliphatic rings. The van der Waals surface area contributed by atoms with Gasteiger partial charge < -0.3 is 5.73 Å². The molecule has 1 aliphatic heterocycles. The summed E-state index contributed by atoms with van der Waals surface area (Å²) in [7, 11) is 0. The van der Waals surface area contributed by atoms with Crippen molar-refractivity contribution in [3.63, 3.8) is 0 Å². The fourth-order valence-electron chi connectivity index (χ4n) is 3.04. The molecule has 1 saturated carbocycles. The minimum absolute atomic E-state index is 0.557. The molecule has 1 aliphatic carbocycles. The zero-order valence-corrected chi connectivity index (χ0v) is 10.7. The second-order valence-electron chi connectivity index (χ2n) is 5.52. The van der Waals surface area contributed by atoms with Gasteiger partial charge in [-0.05, 0) is 46.0 Å². The highest BCUT2D eigenvalue weighted by Gasteiger charge is 2.25. The summed E-state index contributed by atoms with van der Waals surface area (Å²) >= 11 is 0. The Hall–Kier alpha value is -0.730. The van der Waals surface area contributed by atoms with Crippen LogP contribution in [0.2, 0.25) is 0 Å². The van der Waals surface area contributed by atoms with Crippen molar-refractivity contribution in [2.75, 3.05) is 0 Å². The maximum atomic E-state index is 6.14. The highest BCUT2D eigenvalue weighted by Crippen LogP contribution is 2.27. The second-order valence-corrected chi connectivity index (χ2v) is 5.52. The minimum atomic E-state index is 0.557. The van der Waals surface area contributed by atoms with E-state index >= 15 is 0 Å². The maximum Gasteiger partial charge on any atom is 0.122 e. The largest absolute Gasteiger partial charge is 0.385 e. The summed E-state index contributed by atoms with van der Waals surface area (Å²) in [6.07, 6.45) is 8.98. The molecule has 0 aromatic rings. The molecule has 0 radical (unpaired) electrons. The van der Waals surface area contributed by atoms with Gasteiger partial charge in [0.05, 0.1) is 0 Å². The third-order valence-electron chi connectivity index (χ3n) is 4.15. The molecule has 3 heteroatoms. The van der Waals surface area contributed by atoms with E-state index in [4.69, 9.17) is 10.8 Å². The summed E-state index contributed by atoms with van der Waals surface area (Å²) in [5.74, 6) is 1.44. The van der Waals surface area contributed by atoms with E-state index in [1.54, 1.807) is 0 Å². The fourth-order valence-corrected chi connectivity index (χ4v) is 3.04. The van der Waals surface area contributed by atoms with E-state index in [-0.39, 0.29) is 0 Å². The van der Waals surface area contributed by atoms with Crippen LogP contribution in [0.5, 0.6) is 0 Å². The summed E-state index contributed by atoms with van der Waals surface area (Å²) in [5.41, 5.74) is 6.14. The molecule has 0 aromatic heterocycles. The number of nitrogens with two attached hydrogens (primary N) is 1. The first-order chi connectivity index (χ1) is 7.68. The van der Waals surface area contributed by atoms with Gasteiger partial charge in [0, 0.05) is 18.0 Å². The zero-order chi connectivity index (χ0) is 11.5. The fraction of sp³-hybridized carbons (Fsp3) is 0.923. The Morgan fingerprint density at radius 3 is 2.12 bits per heavy atom. The number of hydrazone groups is 1. The van der Waals surface area contributed by atoms with Crippen LogP contribution in [0.3, 0.4) is 0 Å². The van der Waals surface area contributed by atoms with Gasteiger partial charge in [0.2, 0.25) is 0 Å². The Balaban J connectivity index is 2.01. The lowest BCUT2D eigenvalue weighted by Crippen LogP contribution is -2.42. The van der Waals surface area contributed by atoms with Crippen molar-refractivity contribution < 1.29 is 0 Å². The van der Waals surface area contributed by atoms with Crippen LogP contribution in [-0.2, 0) is 0 Å². The van der Waals surface area contributed by atoms with Crippen molar-refractivity contribution in [1.82, 2.24) is 5.01 Å². The quantitative estimate of drug-likeness (QED) is 0.577. The maximum absolute atomic E-state index is 6.14. The Bertz CT molecular complexity index is 246. The Kier molecular flexibility index (Phi) is 3.72. The summed E-state index contributed by atoms with van der Waals surface area (Å²) in [6.45, 7) is 4.53. The van der Waals surface area contributed by atoms with Crippen LogP contribution in [-0.4, -0.2) is 22.9 Å². The van der Waals surface area contributed by atoms with Gasteiger partial charge in [0.25, 0.3) is 0 Å². The number of hydrogen-bond acceptors (Lipinski definition) is 2. The first kappa shape index (κ1) is 11.7. The highest BCUT2D eigenvalue weighted by molar-refractivity contribution is 5.82. The van der Waals surface area contributed by atoms with Gasteiger partial charge in [-0.15, -0.1) is 0 Å².